The van der Waals surface area contributed by atoms with Crippen LogP contribution in [0.3, 0.4) is 0 Å². The predicted molar refractivity (Wildman–Crippen MR) is 83.1 cm³/mol. The maximum Gasteiger partial charge on any atom is 0.254 e. The van der Waals surface area contributed by atoms with Crippen LogP contribution in [0.5, 0.6) is 0 Å². The van der Waals surface area contributed by atoms with Crippen LogP contribution >= 0.6 is 0 Å². The molecule has 4 heteroatoms. The summed E-state index contributed by atoms with van der Waals surface area (Å²) in [5.41, 5.74) is 2.43. The molecule has 1 heterocycles. The van der Waals surface area contributed by atoms with Gasteiger partial charge >= 0.3 is 0 Å². The van der Waals surface area contributed by atoms with Gasteiger partial charge in [0.15, 0.2) is 0 Å². The van der Waals surface area contributed by atoms with Crippen molar-refractivity contribution in [3.63, 3.8) is 0 Å². The number of hydrogen-bond acceptors (Lipinski definition) is 3. The van der Waals surface area contributed by atoms with Crippen molar-refractivity contribution < 1.29 is 9.90 Å². The van der Waals surface area contributed by atoms with Gasteiger partial charge in [-0.25, -0.2) is 0 Å². The van der Waals surface area contributed by atoms with Gasteiger partial charge in [-0.2, -0.15) is 0 Å². The molecule has 1 fully saturated rings. The first kappa shape index (κ1) is 15.6. The summed E-state index contributed by atoms with van der Waals surface area (Å²) >= 11 is 0. The van der Waals surface area contributed by atoms with Gasteiger partial charge in [0, 0.05) is 36.8 Å². The van der Waals surface area contributed by atoms with E-state index in [0.717, 1.165) is 30.8 Å². The zero-order valence-electron chi connectivity index (χ0n) is 12.9. The summed E-state index contributed by atoms with van der Waals surface area (Å²) in [4.78, 5) is 17.0. The molecular formula is C17H22N2O2. The van der Waals surface area contributed by atoms with Gasteiger partial charge < -0.3 is 14.9 Å². The number of nitrogens with zero attached hydrogens (tertiary/aromatic N) is 2. The third kappa shape index (κ3) is 3.63. The number of amides is 1. The van der Waals surface area contributed by atoms with Crippen LogP contribution in [0.15, 0.2) is 18.2 Å². The molecule has 1 aromatic rings. The fourth-order valence-corrected chi connectivity index (χ4v) is 2.67. The lowest BCUT2D eigenvalue weighted by Crippen LogP contribution is -2.52. The number of benzene rings is 1. The summed E-state index contributed by atoms with van der Waals surface area (Å²) in [5, 5.41) is 8.77. The highest BCUT2D eigenvalue weighted by atomic mass is 16.2. The molecule has 2 rings (SSSR count). The Morgan fingerprint density at radius 3 is 2.86 bits per heavy atom. The van der Waals surface area contributed by atoms with Crippen molar-refractivity contribution in [2.24, 2.45) is 0 Å². The molecule has 1 aromatic carbocycles. The van der Waals surface area contributed by atoms with E-state index in [9.17, 15) is 4.79 Å². The van der Waals surface area contributed by atoms with Crippen LogP contribution in [0.2, 0.25) is 0 Å². The largest absolute Gasteiger partial charge is 0.384 e. The van der Waals surface area contributed by atoms with Gasteiger partial charge in [-0.3, -0.25) is 4.79 Å². The summed E-state index contributed by atoms with van der Waals surface area (Å²) in [6.45, 7) is 6.40. The van der Waals surface area contributed by atoms with E-state index in [1.807, 2.05) is 30.0 Å². The first-order valence-corrected chi connectivity index (χ1v) is 7.23. The number of carbonyl (C=O) groups is 1. The Balaban J connectivity index is 2.26. The van der Waals surface area contributed by atoms with Crippen molar-refractivity contribution >= 4 is 5.91 Å². The van der Waals surface area contributed by atoms with E-state index in [-0.39, 0.29) is 18.6 Å². The predicted octanol–water partition coefficient (Wildman–Crippen LogP) is 1.11. The number of piperazine rings is 1. The number of rotatable bonds is 1. The maximum atomic E-state index is 12.8. The van der Waals surface area contributed by atoms with Gasteiger partial charge in [0.05, 0.1) is 0 Å². The number of hydrogen-bond donors (Lipinski definition) is 1. The zero-order chi connectivity index (χ0) is 15.4. The molecule has 0 bridgehead atoms. The fraction of sp³-hybridized carbons (Fsp3) is 0.471. The average Bonchev–Trinajstić information content (AvgIpc) is 2.46. The molecular weight excluding hydrogens is 264 g/mol. The molecule has 0 aliphatic carbocycles. The summed E-state index contributed by atoms with van der Waals surface area (Å²) in [5.74, 6) is 5.55. The van der Waals surface area contributed by atoms with E-state index in [4.69, 9.17) is 5.11 Å². The topological polar surface area (TPSA) is 43.8 Å². The van der Waals surface area contributed by atoms with Crippen LogP contribution in [0.4, 0.5) is 0 Å². The van der Waals surface area contributed by atoms with E-state index < -0.39 is 0 Å². The van der Waals surface area contributed by atoms with Gasteiger partial charge in [-0.15, -0.1) is 0 Å². The van der Waals surface area contributed by atoms with Crippen molar-refractivity contribution in [3.8, 4) is 11.8 Å². The van der Waals surface area contributed by atoms with Crippen LogP contribution in [-0.2, 0) is 0 Å². The first-order chi connectivity index (χ1) is 10.0. The van der Waals surface area contributed by atoms with Gasteiger partial charge in [0.1, 0.15) is 6.61 Å². The van der Waals surface area contributed by atoms with Crippen molar-refractivity contribution in [2.75, 3.05) is 33.3 Å². The van der Waals surface area contributed by atoms with Crippen LogP contribution in [0, 0.1) is 18.8 Å². The van der Waals surface area contributed by atoms with Gasteiger partial charge in [-0.05, 0) is 38.6 Å². The molecule has 1 aliphatic rings. The summed E-state index contributed by atoms with van der Waals surface area (Å²) in [7, 11) is 2.08. The molecule has 4 nitrogen and oxygen atoms in total. The molecule has 112 valence electrons. The molecule has 1 saturated heterocycles. The highest BCUT2D eigenvalue weighted by molar-refractivity contribution is 5.96. The number of aryl methyl sites for hydroxylation is 1. The third-order valence-corrected chi connectivity index (χ3v) is 3.87. The van der Waals surface area contributed by atoms with Gasteiger partial charge in [0.25, 0.3) is 5.91 Å². The Morgan fingerprint density at radius 1 is 1.43 bits per heavy atom. The molecule has 1 N–H and O–H groups in total. The minimum absolute atomic E-state index is 0.0701. The highest BCUT2D eigenvalue weighted by Crippen LogP contribution is 2.17. The summed E-state index contributed by atoms with van der Waals surface area (Å²) < 4.78 is 0. The number of aliphatic hydroxyl groups excluding tert-OH is 1. The maximum absolute atomic E-state index is 12.8. The Bertz CT molecular complexity index is 586. The zero-order valence-corrected chi connectivity index (χ0v) is 12.9. The molecule has 1 aliphatic heterocycles. The van der Waals surface area contributed by atoms with Crippen LogP contribution in [0.1, 0.15) is 28.4 Å². The lowest BCUT2D eigenvalue weighted by Gasteiger charge is -2.38. The highest BCUT2D eigenvalue weighted by Gasteiger charge is 2.27. The van der Waals surface area contributed by atoms with E-state index in [1.54, 1.807) is 0 Å². The minimum Gasteiger partial charge on any atom is -0.384 e. The van der Waals surface area contributed by atoms with Gasteiger partial charge in [-0.1, -0.05) is 17.9 Å². The summed E-state index contributed by atoms with van der Waals surface area (Å²) in [6, 6.07) is 5.82. The van der Waals surface area contributed by atoms with Crippen LogP contribution < -0.4 is 0 Å². The average molecular weight is 286 g/mol. The molecule has 1 amide bonds. The standard InChI is InChI=1S/C17H22N2O2/c1-13-6-7-15(5-4-10-20)11-16(13)17(21)19-9-8-18(3)12-14(19)2/h6-7,11,14,20H,8-10,12H2,1-3H3. The Kier molecular flexibility index (Phi) is 5.00. The van der Waals surface area contributed by atoms with E-state index in [1.165, 1.54) is 0 Å². The van der Waals surface area contributed by atoms with Gasteiger partial charge in [0.2, 0.25) is 0 Å². The fourth-order valence-electron chi connectivity index (χ4n) is 2.67. The number of likely N-dealkylation sites (N-methyl/N-ethyl adjacent to an activating group) is 1. The van der Waals surface area contributed by atoms with Crippen LogP contribution in [0.25, 0.3) is 0 Å². The SMILES string of the molecule is Cc1ccc(C#CCO)cc1C(=O)N1CCN(C)CC1C. The van der Waals surface area contributed by atoms with Crippen molar-refractivity contribution in [1.29, 1.82) is 0 Å². The third-order valence-electron chi connectivity index (χ3n) is 3.87. The molecule has 0 radical (unpaired) electrons. The molecule has 1 unspecified atom stereocenters. The summed E-state index contributed by atoms with van der Waals surface area (Å²) in [6.07, 6.45) is 0. The molecule has 0 saturated carbocycles. The Labute approximate surface area is 126 Å². The first-order valence-electron chi connectivity index (χ1n) is 7.23. The van der Waals surface area contributed by atoms with Crippen molar-refractivity contribution in [3.05, 3.63) is 34.9 Å². The quantitative estimate of drug-likeness (QED) is 0.787. The molecule has 0 aromatic heterocycles. The van der Waals surface area contributed by atoms with Crippen LogP contribution in [-0.4, -0.2) is 60.1 Å². The molecule has 21 heavy (non-hydrogen) atoms. The van der Waals surface area contributed by atoms with E-state index in [2.05, 4.69) is 30.7 Å². The Hall–Kier alpha value is -1.83. The lowest BCUT2D eigenvalue weighted by atomic mass is 10.0. The number of aliphatic hydroxyl groups is 1. The van der Waals surface area contributed by atoms with E-state index >= 15 is 0 Å². The normalized spacial score (nSPS) is 19.0. The second-order valence-electron chi connectivity index (χ2n) is 5.60. The van der Waals surface area contributed by atoms with Crippen molar-refractivity contribution in [2.45, 2.75) is 19.9 Å². The Morgan fingerprint density at radius 2 is 2.19 bits per heavy atom. The monoisotopic (exact) mass is 286 g/mol. The second-order valence-corrected chi connectivity index (χ2v) is 5.60. The molecule has 1 atom stereocenters. The lowest BCUT2D eigenvalue weighted by molar-refractivity contribution is 0.0533. The van der Waals surface area contributed by atoms with Crippen molar-refractivity contribution in [1.82, 2.24) is 9.80 Å². The number of carbonyl (C=O) groups excluding carboxylic acids is 1. The van der Waals surface area contributed by atoms with E-state index in [0.29, 0.717) is 5.56 Å². The smallest absolute Gasteiger partial charge is 0.254 e. The molecule has 0 spiro atoms. The second kappa shape index (κ2) is 6.75. The minimum atomic E-state index is -0.174.